The van der Waals surface area contributed by atoms with Crippen molar-refractivity contribution in [1.82, 2.24) is 9.80 Å². The molecule has 8 heteroatoms. The number of ether oxygens (including phenoxy) is 1. The molecule has 0 aromatic carbocycles. The molecule has 0 saturated carbocycles. The summed E-state index contributed by atoms with van der Waals surface area (Å²) in [5.74, 6) is -0.498. The monoisotopic (exact) mass is 304 g/mol. The van der Waals surface area contributed by atoms with Crippen LogP contribution < -0.4 is 0 Å². The van der Waals surface area contributed by atoms with Crippen molar-refractivity contribution in [3.8, 4) is 0 Å². The molecule has 1 fully saturated rings. The predicted octanol–water partition coefficient (Wildman–Crippen LogP) is -0.142. The molecule has 0 aliphatic carbocycles. The first-order chi connectivity index (χ1) is 9.51. The maximum absolute atomic E-state index is 12.4. The van der Waals surface area contributed by atoms with Crippen LogP contribution in [0.1, 0.15) is 13.3 Å². The van der Waals surface area contributed by atoms with Crippen molar-refractivity contribution >= 4 is 29.5 Å². The number of aliphatic carboxylic acids is 1. The molecule has 1 unspecified atom stereocenters. The third-order valence-electron chi connectivity index (χ3n) is 2.99. The van der Waals surface area contributed by atoms with Crippen LogP contribution in [-0.2, 0) is 19.1 Å². The summed E-state index contributed by atoms with van der Waals surface area (Å²) in [6.45, 7) is 1.84. The number of carboxylic acid groups (broad SMARTS) is 1. The number of thioether (sulfide) groups is 1. The summed E-state index contributed by atoms with van der Waals surface area (Å²) in [6.07, 6.45) is 0.335. The van der Waals surface area contributed by atoms with Gasteiger partial charge in [-0.2, -0.15) is 0 Å². The van der Waals surface area contributed by atoms with Crippen molar-refractivity contribution in [3.05, 3.63) is 0 Å². The van der Waals surface area contributed by atoms with E-state index in [2.05, 4.69) is 0 Å². The topological polar surface area (TPSA) is 87.2 Å². The van der Waals surface area contributed by atoms with Gasteiger partial charge in [0.15, 0.2) is 0 Å². The van der Waals surface area contributed by atoms with Crippen molar-refractivity contribution < 1.29 is 24.2 Å². The van der Waals surface area contributed by atoms with Crippen molar-refractivity contribution in [3.63, 3.8) is 0 Å². The molecule has 7 nitrogen and oxygen atoms in total. The lowest BCUT2D eigenvalue weighted by atomic mass is 10.2. The van der Waals surface area contributed by atoms with E-state index in [1.807, 2.05) is 0 Å². The van der Waals surface area contributed by atoms with Gasteiger partial charge in [-0.1, -0.05) is 6.92 Å². The molecule has 1 rings (SSSR count). The molecule has 1 atom stereocenters. The fourth-order valence-corrected chi connectivity index (χ4v) is 3.11. The van der Waals surface area contributed by atoms with Crippen molar-refractivity contribution in [2.24, 2.45) is 0 Å². The molecule has 1 N–H and O–H groups in total. The third-order valence-corrected chi connectivity index (χ3v) is 4.01. The van der Waals surface area contributed by atoms with Gasteiger partial charge in [-0.05, 0) is 0 Å². The summed E-state index contributed by atoms with van der Waals surface area (Å²) in [7, 11) is 1.49. The fourth-order valence-electron chi connectivity index (χ4n) is 1.94. The molecule has 0 bridgehead atoms. The number of carbonyl (C=O) groups is 3. The van der Waals surface area contributed by atoms with Crippen LogP contribution >= 0.6 is 11.8 Å². The van der Waals surface area contributed by atoms with Crippen molar-refractivity contribution in [2.75, 3.05) is 38.4 Å². The SMILES string of the molecule is CCC(=O)N1CSCC1C(=O)N(CCOC)CC(=O)O. The van der Waals surface area contributed by atoms with E-state index in [0.29, 0.717) is 18.1 Å². The van der Waals surface area contributed by atoms with E-state index in [0.717, 1.165) is 0 Å². The minimum absolute atomic E-state index is 0.0876. The molecule has 1 aliphatic rings. The zero-order chi connectivity index (χ0) is 15.1. The standard InChI is InChI=1S/C12H20N2O5S/c1-3-10(15)14-8-20-7-9(14)12(18)13(4-5-19-2)6-11(16)17/h9H,3-8H2,1-2H3,(H,16,17). The van der Waals surface area contributed by atoms with Crippen LogP contribution in [0.15, 0.2) is 0 Å². The lowest BCUT2D eigenvalue weighted by Gasteiger charge is -2.28. The highest BCUT2D eigenvalue weighted by atomic mass is 32.2. The number of carbonyl (C=O) groups excluding carboxylic acids is 2. The van der Waals surface area contributed by atoms with E-state index in [9.17, 15) is 14.4 Å². The molecule has 2 amide bonds. The van der Waals surface area contributed by atoms with Gasteiger partial charge >= 0.3 is 5.97 Å². The van der Waals surface area contributed by atoms with E-state index in [1.165, 1.54) is 28.7 Å². The summed E-state index contributed by atoms with van der Waals surface area (Å²) in [5.41, 5.74) is 0. The second-order valence-corrected chi connectivity index (χ2v) is 5.38. The van der Waals surface area contributed by atoms with E-state index in [4.69, 9.17) is 9.84 Å². The van der Waals surface area contributed by atoms with Crippen LogP contribution in [0, 0.1) is 0 Å². The highest BCUT2D eigenvalue weighted by molar-refractivity contribution is 7.99. The maximum atomic E-state index is 12.4. The number of amides is 2. The zero-order valence-electron chi connectivity index (χ0n) is 11.7. The Bertz CT molecular complexity index is 377. The van der Waals surface area contributed by atoms with Crippen molar-refractivity contribution in [1.29, 1.82) is 0 Å². The molecule has 0 spiro atoms. The van der Waals surface area contributed by atoms with Gasteiger partial charge in [0.2, 0.25) is 11.8 Å². The first-order valence-corrected chi connectivity index (χ1v) is 7.53. The predicted molar refractivity (Wildman–Crippen MR) is 74.3 cm³/mol. The minimum Gasteiger partial charge on any atom is -0.480 e. The summed E-state index contributed by atoms with van der Waals surface area (Å²) in [5, 5.41) is 8.88. The first-order valence-electron chi connectivity index (χ1n) is 6.38. The van der Waals surface area contributed by atoms with Crippen LogP contribution in [0.25, 0.3) is 0 Å². The quantitative estimate of drug-likeness (QED) is 0.704. The Kier molecular flexibility index (Phi) is 6.80. The highest BCUT2D eigenvalue weighted by Crippen LogP contribution is 2.23. The summed E-state index contributed by atoms with van der Waals surface area (Å²) < 4.78 is 4.89. The number of nitrogens with zero attached hydrogens (tertiary/aromatic N) is 2. The Morgan fingerprint density at radius 2 is 2.15 bits per heavy atom. The Hall–Kier alpha value is -1.28. The van der Waals surface area contributed by atoms with E-state index >= 15 is 0 Å². The molecule has 0 aromatic rings. The Morgan fingerprint density at radius 1 is 1.45 bits per heavy atom. The molecule has 20 heavy (non-hydrogen) atoms. The number of methoxy groups -OCH3 is 1. The number of hydrogen-bond donors (Lipinski definition) is 1. The van der Waals surface area contributed by atoms with Gasteiger partial charge in [0, 0.05) is 25.8 Å². The first kappa shape index (κ1) is 16.8. The van der Waals surface area contributed by atoms with Gasteiger partial charge in [0.05, 0.1) is 12.5 Å². The molecular formula is C12H20N2O5S. The van der Waals surface area contributed by atoms with Gasteiger partial charge in [0.25, 0.3) is 0 Å². The van der Waals surface area contributed by atoms with E-state index < -0.39 is 12.0 Å². The van der Waals surface area contributed by atoms with Crippen LogP contribution in [0.3, 0.4) is 0 Å². The second-order valence-electron chi connectivity index (χ2n) is 4.38. The lowest BCUT2D eigenvalue weighted by molar-refractivity contribution is -0.149. The van der Waals surface area contributed by atoms with Gasteiger partial charge in [-0.15, -0.1) is 11.8 Å². The summed E-state index contributed by atoms with van der Waals surface area (Å²) in [4.78, 5) is 37.8. The smallest absolute Gasteiger partial charge is 0.323 e. The Labute approximate surface area is 122 Å². The molecule has 1 heterocycles. The second kappa shape index (κ2) is 8.11. The van der Waals surface area contributed by atoms with Gasteiger partial charge < -0.3 is 19.6 Å². The third kappa shape index (κ3) is 4.38. The van der Waals surface area contributed by atoms with E-state index in [-0.39, 0.29) is 31.5 Å². The largest absolute Gasteiger partial charge is 0.480 e. The maximum Gasteiger partial charge on any atom is 0.323 e. The molecule has 114 valence electrons. The number of carboxylic acids is 1. The van der Waals surface area contributed by atoms with Crippen LogP contribution in [0.5, 0.6) is 0 Å². The average Bonchev–Trinajstić information content (AvgIpc) is 2.90. The van der Waals surface area contributed by atoms with Crippen molar-refractivity contribution in [2.45, 2.75) is 19.4 Å². The molecule has 0 radical (unpaired) electrons. The molecule has 1 aliphatic heterocycles. The molecule has 0 aromatic heterocycles. The lowest BCUT2D eigenvalue weighted by Crippen LogP contribution is -2.50. The normalized spacial score (nSPS) is 18.1. The van der Waals surface area contributed by atoms with Gasteiger partial charge in [-0.3, -0.25) is 14.4 Å². The zero-order valence-corrected chi connectivity index (χ0v) is 12.5. The summed E-state index contributed by atoms with van der Waals surface area (Å²) in [6, 6.07) is -0.566. The highest BCUT2D eigenvalue weighted by Gasteiger charge is 2.36. The van der Waals surface area contributed by atoms with Gasteiger partial charge in [0.1, 0.15) is 12.6 Å². The van der Waals surface area contributed by atoms with Crippen LogP contribution in [0.2, 0.25) is 0 Å². The summed E-state index contributed by atoms with van der Waals surface area (Å²) >= 11 is 1.50. The Morgan fingerprint density at radius 3 is 2.70 bits per heavy atom. The number of rotatable bonds is 7. The van der Waals surface area contributed by atoms with Gasteiger partial charge in [-0.25, -0.2) is 0 Å². The minimum atomic E-state index is -1.08. The molecular weight excluding hydrogens is 284 g/mol. The Balaban J connectivity index is 2.76. The molecule has 1 saturated heterocycles. The van der Waals surface area contributed by atoms with Crippen LogP contribution in [-0.4, -0.2) is 77.2 Å². The average molecular weight is 304 g/mol. The van der Waals surface area contributed by atoms with Crippen LogP contribution in [0.4, 0.5) is 0 Å². The van der Waals surface area contributed by atoms with E-state index in [1.54, 1.807) is 6.92 Å². The fraction of sp³-hybridized carbons (Fsp3) is 0.750. The number of hydrogen-bond acceptors (Lipinski definition) is 5.